The first-order valence-corrected chi connectivity index (χ1v) is 6.61. The number of nitro groups is 1. The Labute approximate surface area is 116 Å². The van der Waals surface area contributed by atoms with Crippen molar-refractivity contribution in [1.29, 1.82) is 0 Å². The average Bonchev–Trinajstić information content (AvgIpc) is 2.78. The number of nitrogens with zero attached hydrogens (tertiary/aromatic N) is 3. The molecule has 0 bridgehead atoms. The number of hydrogen-bond acceptors (Lipinski definition) is 5. The highest BCUT2D eigenvalue weighted by molar-refractivity contribution is 5.93. The zero-order valence-corrected chi connectivity index (χ0v) is 11.4. The summed E-state index contributed by atoms with van der Waals surface area (Å²) in [6.07, 6.45) is 4.01. The first-order valence-electron chi connectivity index (χ1n) is 6.61. The third kappa shape index (κ3) is 2.43. The molecule has 0 amide bonds. The van der Waals surface area contributed by atoms with Crippen molar-refractivity contribution in [2.45, 2.75) is 45.2 Å². The summed E-state index contributed by atoms with van der Waals surface area (Å²) in [7, 11) is 0. The van der Waals surface area contributed by atoms with Crippen LogP contribution in [0.3, 0.4) is 0 Å². The van der Waals surface area contributed by atoms with Gasteiger partial charge in [-0.05, 0) is 26.2 Å². The highest BCUT2D eigenvalue weighted by Gasteiger charge is 2.32. The topological polar surface area (TPSA) is 96.6 Å². The number of aromatic carboxylic acids is 1. The molecule has 1 fully saturated rings. The molecular weight excluding hydrogens is 262 g/mol. The molecule has 7 nitrogen and oxygen atoms in total. The average molecular weight is 279 g/mol. The summed E-state index contributed by atoms with van der Waals surface area (Å²) in [5.74, 6) is -0.801. The van der Waals surface area contributed by atoms with E-state index in [4.69, 9.17) is 5.11 Å². The predicted octanol–water partition coefficient (Wildman–Crippen LogP) is 2.46. The summed E-state index contributed by atoms with van der Waals surface area (Å²) in [5.41, 5.74) is -0.782. The zero-order valence-electron chi connectivity index (χ0n) is 11.4. The largest absolute Gasteiger partial charge is 0.477 e. The van der Waals surface area contributed by atoms with Gasteiger partial charge in [-0.1, -0.05) is 6.92 Å². The maximum atomic E-state index is 11.2. The molecule has 1 aromatic heterocycles. The molecule has 0 radical (unpaired) electrons. The molecule has 2 heterocycles. The Bertz CT molecular complexity index is 546. The van der Waals surface area contributed by atoms with Gasteiger partial charge in [0, 0.05) is 18.2 Å². The minimum absolute atomic E-state index is 0.260. The zero-order chi connectivity index (χ0) is 14.9. The number of rotatable bonds is 4. The van der Waals surface area contributed by atoms with Gasteiger partial charge in [-0.25, -0.2) is 9.78 Å². The molecule has 0 aromatic carbocycles. The van der Waals surface area contributed by atoms with Crippen LogP contribution in [-0.4, -0.2) is 33.1 Å². The lowest BCUT2D eigenvalue weighted by atomic mass is 10.1. The van der Waals surface area contributed by atoms with Crippen LogP contribution in [0.25, 0.3) is 0 Å². The van der Waals surface area contributed by atoms with Crippen molar-refractivity contribution in [3.8, 4) is 0 Å². The third-order valence-corrected chi connectivity index (χ3v) is 3.82. The van der Waals surface area contributed by atoms with Gasteiger partial charge < -0.3 is 10.0 Å². The Kier molecular flexibility index (Phi) is 3.87. The number of carbonyl (C=O) groups is 1. The molecule has 1 saturated heterocycles. The smallest absolute Gasteiger partial charge is 0.342 e. The lowest BCUT2D eigenvalue weighted by Gasteiger charge is -2.29. The van der Waals surface area contributed by atoms with E-state index in [2.05, 4.69) is 23.7 Å². The summed E-state index contributed by atoms with van der Waals surface area (Å²) in [5, 5.41) is 20.0. The summed E-state index contributed by atoms with van der Waals surface area (Å²) >= 11 is 0. The van der Waals surface area contributed by atoms with Gasteiger partial charge >= 0.3 is 11.7 Å². The molecule has 1 aliphatic heterocycles. The van der Waals surface area contributed by atoms with Crippen LogP contribution < -0.4 is 4.90 Å². The lowest BCUT2D eigenvalue weighted by Crippen LogP contribution is -2.35. The van der Waals surface area contributed by atoms with Crippen molar-refractivity contribution < 1.29 is 14.8 Å². The number of pyridine rings is 1. The molecule has 0 spiro atoms. The van der Waals surface area contributed by atoms with E-state index in [1.807, 2.05) is 0 Å². The minimum Gasteiger partial charge on any atom is -0.477 e. The summed E-state index contributed by atoms with van der Waals surface area (Å²) in [6.45, 7) is 4.12. The summed E-state index contributed by atoms with van der Waals surface area (Å²) < 4.78 is 0. The molecule has 1 aliphatic rings. The first-order chi connectivity index (χ1) is 9.45. The molecule has 1 N–H and O–H groups in total. The highest BCUT2D eigenvalue weighted by atomic mass is 16.6. The van der Waals surface area contributed by atoms with Crippen molar-refractivity contribution >= 4 is 17.5 Å². The van der Waals surface area contributed by atoms with E-state index in [1.54, 1.807) is 0 Å². The van der Waals surface area contributed by atoms with Crippen LogP contribution >= 0.6 is 0 Å². The van der Waals surface area contributed by atoms with Gasteiger partial charge in [0.2, 0.25) is 0 Å². The third-order valence-electron chi connectivity index (χ3n) is 3.82. The number of carboxylic acids is 1. The Hall–Kier alpha value is -2.18. The van der Waals surface area contributed by atoms with Gasteiger partial charge in [-0.3, -0.25) is 10.1 Å². The maximum absolute atomic E-state index is 11.2. The van der Waals surface area contributed by atoms with E-state index in [9.17, 15) is 14.9 Å². The molecule has 2 unspecified atom stereocenters. The van der Waals surface area contributed by atoms with E-state index in [1.165, 1.54) is 6.07 Å². The van der Waals surface area contributed by atoms with Gasteiger partial charge in [-0.2, -0.15) is 0 Å². The van der Waals surface area contributed by atoms with Crippen LogP contribution in [0.4, 0.5) is 11.5 Å². The van der Waals surface area contributed by atoms with Crippen molar-refractivity contribution in [1.82, 2.24) is 4.98 Å². The van der Waals surface area contributed by atoms with Crippen molar-refractivity contribution in [3.63, 3.8) is 0 Å². The Morgan fingerprint density at radius 1 is 1.60 bits per heavy atom. The number of anilines is 1. The monoisotopic (exact) mass is 279 g/mol. The van der Waals surface area contributed by atoms with Gasteiger partial charge in [0.15, 0.2) is 0 Å². The first kappa shape index (κ1) is 14.2. The maximum Gasteiger partial charge on any atom is 0.342 e. The lowest BCUT2D eigenvalue weighted by molar-refractivity contribution is -0.385. The summed E-state index contributed by atoms with van der Waals surface area (Å²) in [4.78, 5) is 27.5. The molecule has 20 heavy (non-hydrogen) atoms. The van der Waals surface area contributed by atoms with Crippen molar-refractivity contribution in [2.24, 2.45) is 0 Å². The van der Waals surface area contributed by atoms with Crippen LogP contribution in [0.15, 0.2) is 12.3 Å². The molecular formula is C13H17N3O4. The SMILES string of the molecule is CCC1CCC(C)N1c1cc(C(=O)O)c([N+](=O)[O-])cn1. The van der Waals surface area contributed by atoms with Crippen LogP contribution in [0.5, 0.6) is 0 Å². The fourth-order valence-electron chi connectivity index (χ4n) is 2.78. The van der Waals surface area contributed by atoms with Crippen molar-refractivity contribution in [3.05, 3.63) is 27.9 Å². The van der Waals surface area contributed by atoms with E-state index in [0.717, 1.165) is 25.5 Å². The second-order valence-electron chi connectivity index (χ2n) is 5.02. The fraction of sp³-hybridized carbons (Fsp3) is 0.538. The Morgan fingerprint density at radius 3 is 2.85 bits per heavy atom. The van der Waals surface area contributed by atoms with Gasteiger partial charge in [-0.15, -0.1) is 0 Å². The van der Waals surface area contributed by atoms with Gasteiger partial charge in [0.25, 0.3) is 0 Å². The van der Waals surface area contributed by atoms with E-state index in [-0.39, 0.29) is 11.6 Å². The fourth-order valence-corrected chi connectivity index (χ4v) is 2.78. The number of hydrogen-bond donors (Lipinski definition) is 1. The van der Waals surface area contributed by atoms with Gasteiger partial charge in [0.05, 0.1) is 4.92 Å². The molecule has 2 rings (SSSR count). The highest BCUT2D eigenvalue weighted by Crippen LogP contribution is 2.32. The second kappa shape index (κ2) is 5.44. The van der Waals surface area contributed by atoms with Crippen molar-refractivity contribution in [2.75, 3.05) is 4.90 Å². The standard InChI is InChI=1S/C13H17N3O4/c1-3-9-5-4-8(2)15(9)12-6-10(13(17)18)11(7-14-12)16(19)20/h6-9H,3-5H2,1-2H3,(H,17,18). The normalized spacial score (nSPS) is 22.0. The van der Waals surface area contributed by atoms with Gasteiger partial charge in [0.1, 0.15) is 17.6 Å². The Balaban J connectivity index is 2.45. The van der Waals surface area contributed by atoms with Crippen LogP contribution in [0.2, 0.25) is 0 Å². The summed E-state index contributed by atoms with van der Waals surface area (Å²) in [6, 6.07) is 1.88. The van der Waals surface area contributed by atoms with Crippen LogP contribution in [-0.2, 0) is 0 Å². The molecule has 0 aliphatic carbocycles. The molecule has 0 saturated carbocycles. The Morgan fingerprint density at radius 2 is 2.30 bits per heavy atom. The molecule has 7 heteroatoms. The predicted molar refractivity (Wildman–Crippen MR) is 73.1 cm³/mol. The second-order valence-corrected chi connectivity index (χ2v) is 5.02. The van der Waals surface area contributed by atoms with E-state index < -0.39 is 16.6 Å². The minimum atomic E-state index is -1.31. The number of carboxylic acid groups (broad SMARTS) is 1. The van der Waals surface area contributed by atoms with Crippen LogP contribution in [0.1, 0.15) is 43.5 Å². The number of aromatic nitrogens is 1. The molecule has 2 atom stereocenters. The van der Waals surface area contributed by atoms with E-state index in [0.29, 0.717) is 11.9 Å². The molecule has 108 valence electrons. The quantitative estimate of drug-likeness (QED) is 0.671. The van der Waals surface area contributed by atoms with Crippen LogP contribution in [0, 0.1) is 10.1 Å². The van der Waals surface area contributed by atoms with E-state index >= 15 is 0 Å². The molecule has 1 aromatic rings.